The highest BCUT2D eigenvalue weighted by Crippen LogP contribution is 2.24. The van der Waals surface area contributed by atoms with Crippen LogP contribution in [0.5, 0.6) is 5.75 Å². The topological polar surface area (TPSA) is 96.0 Å². The first-order valence-electron chi connectivity index (χ1n) is 11.0. The summed E-state index contributed by atoms with van der Waals surface area (Å²) in [7, 11) is -2.32. The Bertz CT molecular complexity index is 1130. The first-order chi connectivity index (χ1) is 15.7. The van der Waals surface area contributed by atoms with Crippen molar-refractivity contribution in [3.63, 3.8) is 0 Å². The summed E-state index contributed by atoms with van der Waals surface area (Å²) in [6, 6.07) is 13.3. The molecular weight excluding hydrogens is 454 g/mol. The van der Waals surface area contributed by atoms with Crippen LogP contribution in [0.1, 0.15) is 38.8 Å². The number of anilines is 1. The fraction of sp³-hybridized carbons (Fsp3) is 0.440. The standard InChI is InChI=1S/C25H35N3O5S/c1-18-10-8-11-20(14-18)16-27(19(2)24(30)26-25(3,4)5)23(29)17-28(34(7,31)32)21-12-9-13-22(15-21)33-6/h8-15,19H,16-17H2,1-7H3,(H,26,30)/t19-/m0/s1. The number of sulfonamides is 1. The lowest BCUT2D eigenvalue weighted by Gasteiger charge is -2.33. The highest BCUT2D eigenvalue weighted by molar-refractivity contribution is 7.92. The van der Waals surface area contributed by atoms with E-state index < -0.39 is 34.1 Å². The predicted octanol–water partition coefficient (Wildman–Crippen LogP) is 3.10. The zero-order valence-electron chi connectivity index (χ0n) is 21.0. The fourth-order valence-corrected chi connectivity index (χ4v) is 4.28. The Morgan fingerprint density at radius 1 is 1.09 bits per heavy atom. The number of methoxy groups -OCH3 is 1. The molecule has 34 heavy (non-hydrogen) atoms. The Morgan fingerprint density at radius 2 is 1.74 bits per heavy atom. The maximum absolute atomic E-state index is 13.5. The summed E-state index contributed by atoms with van der Waals surface area (Å²) in [5.41, 5.74) is 1.68. The second-order valence-corrected chi connectivity index (χ2v) is 11.3. The molecule has 1 atom stereocenters. The first kappa shape index (κ1) is 27.2. The molecule has 0 spiro atoms. The number of hydrogen-bond acceptors (Lipinski definition) is 5. The average molecular weight is 490 g/mol. The number of ether oxygens (including phenoxy) is 1. The quantitative estimate of drug-likeness (QED) is 0.584. The third kappa shape index (κ3) is 7.76. The summed E-state index contributed by atoms with van der Waals surface area (Å²) in [5, 5.41) is 2.90. The van der Waals surface area contributed by atoms with Crippen molar-refractivity contribution in [2.45, 2.75) is 52.7 Å². The Labute approximate surface area is 202 Å². The normalized spacial score (nSPS) is 12.6. The van der Waals surface area contributed by atoms with E-state index in [0.717, 1.165) is 21.7 Å². The molecule has 9 heteroatoms. The zero-order valence-corrected chi connectivity index (χ0v) is 21.8. The van der Waals surface area contributed by atoms with Gasteiger partial charge in [-0.2, -0.15) is 0 Å². The van der Waals surface area contributed by atoms with Crippen LogP contribution in [0, 0.1) is 6.92 Å². The third-order valence-corrected chi connectivity index (χ3v) is 6.26. The van der Waals surface area contributed by atoms with Crippen LogP contribution >= 0.6 is 0 Å². The summed E-state index contributed by atoms with van der Waals surface area (Å²) >= 11 is 0. The molecule has 0 saturated heterocycles. The molecule has 0 heterocycles. The minimum Gasteiger partial charge on any atom is -0.497 e. The van der Waals surface area contributed by atoms with Crippen LogP contribution < -0.4 is 14.4 Å². The number of nitrogens with zero attached hydrogens (tertiary/aromatic N) is 2. The van der Waals surface area contributed by atoms with E-state index in [-0.39, 0.29) is 12.5 Å². The Hall–Kier alpha value is -3.07. The molecular formula is C25H35N3O5S. The van der Waals surface area contributed by atoms with Gasteiger partial charge in [-0.25, -0.2) is 8.42 Å². The number of carbonyl (C=O) groups is 2. The second-order valence-electron chi connectivity index (χ2n) is 9.40. The molecule has 186 valence electrons. The van der Waals surface area contributed by atoms with E-state index in [0.29, 0.717) is 11.4 Å². The zero-order chi connectivity index (χ0) is 25.7. The van der Waals surface area contributed by atoms with Crippen molar-refractivity contribution in [3.05, 3.63) is 59.7 Å². The van der Waals surface area contributed by atoms with Crippen molar-refractivity contribution in [1.82, 2.24) is 10.2 Å². The molecule has 0 aliphatic carbocycles. The number of carbonyl (C=O) groups excluding carboxylic acids is 2. The van der Waals surface area contributed by atoms with Crippen LogP contribution in [0.15, 0.2) is 48.5 Å². The van der Waals surface area contributed by atoms with Gasteiger partial charge >= 0.3 is 0 Å². The maximum Gasteiger partial charge on any atom is 0.244 e. The number of hydrogen-bond donors (Lipinski definition) is 1. The van der Waals surface area contributed by atoms with Crippen LogP contribution in [0.25, 0.3) is 0 Å². The highest BCUT2D eigenvalue weighted by atomic mass is 32.2. The molecule has 2 rings (SSSR count). The van der Waals surface area contributed by atoms with Crippen LogP contribution in [-0.2, 0) is 26.2 Å². The van der Waals surface area contributed by atoms with Gasteiger partial charge in [0.15, 0.2) is 0 Å². The minimum atomic E-state index is -3.80. The van der Waals surface area contributed by atoms with E-state index in [4.69, 9.17) is 4.74 Å². The fourth-order valence-electron chi connectivity index (χ4n) is 3.44. The number of rotatable bonds is 9. The molecule has 0 bridgehead atoms. The van der Waals surface area contributed by atoms with Gasteiger partial charge in [-0.05, 0) is 52.3 Å². The van der Waals surface area contributed by atoms with E-state index in [1.54, 1.807) is 31.2 Å². The molecule has 2 aromatic rings. The predicted molar refractivity (Wildman–Crippen MR) is 134 cm³/mol. The lowest BCUT2D eigenvalue weighted by atomic mass is 10.1. The lowest BCUT2D eigenvalue weighted by Crippen LogP contribution is -2.54. The van der Waals surface area contributed by atoms with Gasteiger partial charge in [0.2, 0.25) is 21.8 Å². The van der Waals surface area contributed by atoms with Gasteiger partial charge in [0.25, 0.3) is 0 Å². The summed E-state index contributed by atoms with van der Waals surface area (Å²) in [6.45, 7) is 8.88. The van der Waals surface area contributed by atoms with E-state index >= 15 is 0 Å². The van der Waals surface area contributed by atoms with Gasteiger partial charge in [0, 0.05) is 18.2 Å². The van der Waals surface area contributed by atoms with Crippen LogP contribution in [0.2, 0.25) is 0 Å². The first-order valence-corrected chi connectivity index (χ1v) is 12.8. The second kappa shape index (κ2) is 10.9. The third-order valence-electron chi connectivity index (χ3n) is 5.12. The van der Waals surface area contributed by atoms with Gasteiger partial charge < -0.3 is 15.0 Å². The van der Waals surface area contributed by atoms with Crippen molar-refractivity contribution in [3.8, 4) is 5.75 Å². The molecule has 1 N–H and O–H groups in total. The van der Waals surface area contributed by atoms with Crippen LogP contribution in [-0.4, -0.2) is 56.6 Å². The van der Waals surface area contributed by atoms with Gasteiger partial charge in [-0.1, -0.05) is 35.9 Å². The van der Waals surface area contributed by atoms with Crippen LogP contribution in [0.4, 0.5) is 5.69 Å². The minimum absolute atomic E-state index is 0.162. The number of aryl methyl sites for hydroxylation is 1. The molecule has 0 unspecified atom stereocenters. The highest BCUT2D eigenvalue weighted by Gasteiger charge is 2.31. The Kier molecular flexibility index (Phi) is 8.72. The Morgan fingerprint density at radius 3 is 2.29 bits per heavy atom. The van der Waals surface area contributed by atoms with Crippen molar-refractivity contribution in [1.29, 1.82) is 0 Å². The van der Waals surface area contributed by atoms with Gasteiger partial charge in [-0.15, -0.1) is 0 Å². The van der Waals surface area contributed by atoms with E-state index in [2.05, 4.69) is 5.32 Å². The lowest BCUT2D eigenvalue weighted by molar-refractivity contribution is -0.140. The maximum atomic E-state index is 13.5. The van der Waals surface area contributed by atoms with Crippen LogP contribution in [0.3, 0.4) is 0 Å². The SMILES string of the molecule is COc1cccc(N(CC(=O)N(Cc2cccc(C)c2)[C@@H](C)C(=O)NC(C)(C)C)S(C)(=O)=O)c1. The van der Waals surface area contributed by atoms with Crippen molar-refractivity contribution in [2.24, 2.45) is 0 Å². The number of amides is 2. The van der Waals surface area contributed by atoms with E-state index in [1.165, 1.54) is 12.0 Å². The smallest absolute Gasteiger partial charge is 0.244 e. The van der Waals surface area contributed by atoms with Gasteiger partial charge in [0.1, 0.15) is 18.3 Å². The van der Waals surface area contributed by atoms with Gasteiger partial charge in [-0.3, -0.25) is 13.9 Å². The van der Waals surface area contributed by atoms with Crippen molar-refractivity contribution >= 4 is 27.5 Å². The summed E-state index contributed by atoms with van der Waals surface area (Å²) in [5.74, 6) is -0.347. The molecule has 0 saturated carbocycles. The molecule has 0 radical (unpaired) electrons. The number of benzene rings is 2. The summed E-state index contributed by atoms with van der Waals surface area (Å²) in [6.07, 6.45) is 1.04. The molecule has 0 fully saturated rings. The molecule has 0 aromatic heterocycles. The van der Waals surface area contributed by atoms with E-state index in [9.17, 15) is 18.0 Å². The average Bonchev–Trinajstić information content (AvgIpc) is 2.73. The van der Waals surface area contributed by atoms with Gasteiger partial charge in [0.05, 0.1) is 19.1 Å². The monoisotopic (exact) mass is 489 g/mol. The largest absolute Gasteiger partial charge is 0.497 e. The molecule has 2 aromatic carbocycles. The number of nitrogens with one attached hydrogen (secondary N) is 1. The van der Waals surface area contributed by atoms with E-state index in [1.807, 2.05) is 52.0 Å². The van der Waals surface area contributed by atoms with Crippen molar-refractivity contribution in [2.75, 3.05) is 24.2 Å². The summed E-state index contributed by atoms with van der Waals surface area (Å²) < 4.78 is 31.5. The molecule has 2 amide bonds. The molecule has 8 nitrogen and oxygen atoms in total. The Balaban J connectivity index is 2.42. The summed E-state index contributed by atoms with van der Waals surface area (Å²) in [4.78, 5) is 27.9. The van der Waals surface area contributed by atoms with Crippen molar-refractivity contribution < 1.29 is 22.7 Å². The molecule has 0 aliphatic rings. The molecule has 0 aliphatic heterocycles.